The molecule has 6 heteroatoms. The lowest BCUT2D eigenvalue weighted by Gasteiger charge is -2.25. The number of imidazole rings is 1. The van der Waals surface area contributed by atoms with Gasteiger partial charge in [0.1, 0.15) is 0 Å². The summed E-state index contributed by atoms with van der Waals surface area (Å²) in [4.78, 5) is 31.6. The molecule has 2 heterocycles. The second kappa shape index (κ2) is 7.33. The smallest absolute Gasteiger partial charge is 0.232 e. The van der Waals surface area contributed by atoms with Crippen molar-refractivity contribution in [2.24, 2.45) is 5.92 Å². The molecule has 6 nitrogen and oxygen atoms in total. The van der Waals surface area contributed by atoms with Crippen LogP contribution in [0.3, 0.4) is 0 Å². The maximum Gasteiger partial charge on any atom is 0.232 e. The highest BCUT2D eigenvalue weighted by molar-refractivity contribution is 5.97. The first-order chi connectivity index (χ1) is 13.0. The number of anilines is 1. The highest BCUT2D eigenvalue weighted by Crippen LogP contribution is 2.34. The Balaban J connectivity index is 1.60. The molecule has 2 fully saturated rings. The number of hydrogen-bond acceptors (Lipinski definition) is 3. The molecule has 1 aliphatic carbocycles. The molecule has 1 N–H and O–H groups in total. The number of para-hydroxylation sites is 2. The lowest BCUT2D eigenvalue weighted by Crippen LogP contribution is -2.33. The molecular formula is C21H28N4O2. The van der Waals surface area contributed by atoms with E-state index in [9.17, 15) is 9.59 Å². The quantitative estimate of drug-likeness (QED) is 0.894. The number of carbonyl (C=O) groups is 2. The van der Waals surface area contributed by atoms with E-state index in [1.807, 2.05) is 32.0 Å². The minimum absolute atomic E-state index is 0.0610. The van der Waals surface area contributed by atoms with Gasteiger partial charge in [0.2, 0.25) is 17.8 Å². The number of rotatable bonds is 4. The highest BCUT2D eigenvalue weighted by Gasteiger charge is 2.36. The summed E-state index contributed by atoms with van der Waals surface area (Å²) in [5.74, 6) is 0.285. The zero-order valence-electron chi connectivity index (χ0n) is 16.1. The number of hydrogen-bond donors (Lipinski definition) is 1. The predicted octanol–water partition coefficient (Wildman–Crippen LogP) is 3.74. The Morgan fingerprint density at radius 2 is 1.93 bits per heavy atom. The van der Waals surface area contributed by atoms with Gasteiger partial charge in [-0.05, 0) is 38.8 Å². The van der Waals surface area contributed by atoms with Gasteiger partial charge in [-0.15, -0.1) is 0 Å². The third kappa shape index (κ3) is 3.45. The van der Waals surface area contributed by atoms with Gasteiger partial charge in [0.15, 0.2) is 0 Å². The number of carbonyl (C=O) groups excluding carboxylic acids is 2. The zero-order valence-corrected chi connectivity index (χ0v) is 16.1. The number of aromatic nitrogens is 2. The maximum atomic E-state index is 12.9. The Bertz CT molecular complexity index is 851. The van der Waals surface area contributed by atoms with E-state index in [0.29, 0.717) is 18.5 Å². The molecule has 2 amide bonds. The van der Waals surface area contributed by atoms with E-state index in [4.69, 9.17) is 4.98 Å². The van der Waals surface area contributed by atoms with Crippen molar-refractivity contribution < 1.29 is 9.59 Å². The average molecular weight is 368 g/mol. The van der Waals surface area contributed by atoms with Gasteiger partial charge in [-0.25, -0.2) is 4.98 Å². The molecule has 0 bridgehead atoms. The molecule has 2 aromatic rings. The Kier molecular flexibility index (Phi) is 4.89. The predicted molar refractivity (Wildman–Crippen MR) is 105 cm³/mol. The van der Waals surface area contributed by atoms with E-state index in [1.54, 1.807) is 4.90 Å². The number of nitrogens with zero attached hydrogens (tertiary/aromatic N) is 3. The minimum atomic E-state index is -0.306. The second-order valence-corrected chi connectivity index (χ2v) is 8.12. The van der Waals surface area contributed by atoms with Crippen molar-refractivity contribution in [3.63, 3.8) is 0 Å². The molecule has 0 radical (unpaired) electrons. The number of benzene rings is 1. The molecule has 0 spiro atoms. The number of amides is 2. The Morgan fingerprint density at radius 3 is 2.63 bits per heavy atom. The van der Waals surface area contributed by atoms with Crippen LogP contribution in [0.1, 0.15) is 58.4 Å². The first-order valence-corrected chi connectivity index (χ1v) is 10.1. The van der Waals surface area contributed by atoms with Crippen LogP contribution in [0, 0.1) is 5.92 Å². The van der Waals surface area contributed by atoms with Gasteiger partial charge < -0.3 is 9.47 Å². The van der Waals surface area contributed by atoms with Gasteiger partial charge in [0, 0.05) is 25.0 Å². The van der Waals surface area contributed by atoms with Crippen molar-refractivity contribution in [2.45, 2.75) is 64.5 Å². The minimum Gasteiger partial charge on any atom is -0.339 e. The fourth-order valence-electron chi connectivity index (χ4n) is 4.46. The van der Waals surface area contributed by atoms with Gasteiger partial charge in [0.05, 0.1) is 17.0 Å². The highest BCUT2D eigenvalue weighted by atomic mass is 16.2. The van der Waals surface area contributed by atoms with E-state index in [1.165, 1.54) is 19.3 Å². The summed E-state index contributed by atoms with van der Waals surface area (Å²) in [7, 11) is 0. The van der Waals surface area contributed by atoms with Crippen LogP contribution >= 0.6 is 0 Å². The molecule has 0 unspecified atom stereocenters. The second-order valence-electron chi connectivity index (χ2n) is 8.12. The van der Waals surface area contributed by atoms with E-state index in [0.717, 1.165) is 23.9 Å². The summed E-state index contributed by atoms with van der Waals surface area (Å²) in [5, 5.41) is 3.05. The van der Waals surface area contributed by atoms with Crippen LogP contribution in [-0.2, 0) is 9.59 Å². The van der Waals surface area contributed by atoms with Crippen LogP contribution in [0.5, 0.6) is 0 Å². The number of fused-ring (bicyclic) bond motifs is 1. The van der Waals surface area contributed by atoms with Crippen molar-refractivity contribution in [1.82, 2.24) is 14.5 Å². The van der Waals surface area contributed by atoms with Crippen LogP contribution in [0.4, 0.5) is 5.95 Å². The summed E-state index contributed by atoms with van der Waals surface area (Å²) >= 11 is 0. The van der Waals surface area contributed by atoms with Gasteiger partial charge in [-0.2, -0.15) is 0 Å². The molecule has 27 heavy (non-hydrogen) atoms. The lowest BCUT2D eigenvalue weighted by atomic mass is 9.95. The zero-order chi connectivity index (χ0) is 19.0. The van der Waals surface area contributed by atoms with Crippen LogP contribution in [0.25, 0.3) is 11.0 Å². The standard InChI is InChI=1S/C21H28N4O2/c1-14(2)24-13-15(12-19(24)26)20(27)23-21-22-17-10-6-7-11-18(17)25(21)16-8-4-3-5-9-16/h6-7,10-11,14-16H,3-5,8-9,12-13H2,1-2H3,(H,22,23,27)/t15-/m0/s1. The molecule has 1 aromatic carbocycles. The normalized spacial score (nSPS) is 21.4. The lowest BCUT2D eigenvalue weighted by molar-refractivity contribution is -0.129. The largest absolute Gasteiger partial charge is 0.339 e. The molecule has 4 rings (SSSR count). The van der Waals surface area contributed by atoms with Crippen molar-refractivity contribution in [3.8, 4) is 0 Å². The number of nitrogens with one attached hydrogen (secondary N) is 1. The Morgan fingerprint density at radius 1 is 1.19 bits per heavy atom. The summed E-state index contributed by atoms with van der Waals surface area (Å²) in [6, 6.07) is 8.56. The molecular weight excluding hydrogens is 340 g/mol. The third-order valence-electron chi connectivity index (χ3n) is 5.92. The molecule has 1 saturated heterocycles. The monoisotopic (exact) mass is 368 g/mol. The fourth-order valence-corrected chi connectivity index (χ4v) is 4.46. The molecule has 2 aliphatic rings. The van der Waals surface area contributed by atoms with Crippen LogP contribution in [-0.4, -0.2) is 38.9 Å². The van der Waals surface area contributed by atoms with Gasteiger partial charge in [-0.1, -0.05) is 31.4 Å². The van der Waals surface area contributed by atoms with Crippen LogP contribution in [0.2, 0.25) is 0 Å². The molecule has 1 saturated carbocycles. The Hall–Kier alpha value is -2.37. The maximum absolute atomic E-state index is 12.9. The Labute approximate surface area is 159 Å². The van der Waals surface area contributed by atoms with Crippen molar-refractivity contribution in [3.05, 3.63) is 24.3 Å². The summed E-state index contributed by atoms with van der Waals surface area (Å²) in [6.45, 7) is 4.47. The van der Waals surface area contributed by atoms with Crippen molar-refractivity contribution in [1.29, 1.82) is 0 Å². The molecule has 1 aromatic heterocycles. The van der Waals surface area contributed by atoms with Gasteiger partial charge >= 0.3 is 0 Å². The van der Waals surface area contributed by atoms with Crippen molar-refractivity contribution in [2.75, 3.05) is 11.9 Å². The van der Waals surface area contributed by atoms with Gasteiger partial charge in [-0.3, -0.25) is 14.9 Å². The SMILES string of the molecule is CC(C)N1C[C@@H](C(=O)Nc2nc3ccccc3n2C2CCCCC2)CC1=O. The van der Waals surface area contributed by atoms with E-state index in [2.05, 4.69) is 16.0 Å². The first-order valence-electron chi connectivity index (χ1n) is 10.1. The molecule has 1 aliphatic heterocycles. The van der Waals surface area contributed by atoms with E-state index in [-0.39, 0.29) is 30.2 Å². The van der Waals surface area contributed by atoms with Gasteiger partial charge in [0.25, 0.3) is 0 Å². The summed E-state index contributed by atoms with van der Waals surface area (Å²) in [6.07, 6.45) is 6.22. The van der Waals surface area contributed by atoms with E-state index >= 15 is 0 Å². The number of likely N-dealkylation sites (tertiary alicyclic amines) is 1. The fraction of sp³-hybridized carbons (Fsp3) is 0.571. The van der Waals surface area contributed by atoms with Crippen molar-refractivity contribution >= 4 is 28.8 Å². The topological polar surface area (TPSA) is 67.2 Å². The van der Waals surface area contributed by atoms with E-state index < -0.39 is 0 Å². The molecule has 144 valence electrons. The van der Waals surface area contributed by atoms with Crippen LogP contribution < -0.4 is 5.32 Å². The molecule has 1 atom stereocenters. The first kappa shape index (κ1) is 18.0. The summed E-state index contributed by atoms with van der Waals surface area (Å²) < 4.78 is 2.21. The third-order valence-corrected chi connectivity index (χ3v) is 5.92. The summed E-state index contributed by atoms with van der Waals surface area (Å²) in [5.41, 5.74) is 1.98. The van der Waals surface area contributed by atoms with Crippen LogP contribution in [0.15, 0.2) is 24.3 Å². The average Bonchev–Trinajstić information content (AvgIpc) is 3.22.